The van der Waals surface area contributed by atoms with Gasteiger partial charge >= 0.3 is 0 Å². The molecule has 0 rings (SSSR count). The smallest absolute Gasteiger partial charge is 0.159 e. The molecule has 0 aliphatic carbocycles. The van der Waals surface area contributed by atoms with E-state index in [9.17, 15) is 4.79 Å². The summed E-state index contributed by atoms with van der Waals surface area (Å²) in [5.74, 6) is 0.844. The summed E-state index contributed by atoms with van der Waals surface area (Å²) in [6, 6.07) is 0.0525. The monoisotopic (exact) mass is 230 g/mol. The lowest BCUT2D eigenvalue weighted by molar-refractivity contribution is -0.127. The standard InChI is InChI=1S/C12H25NOP/c1-9(2)11(12(14)10(3)4)13(5)8-15(6)7/h9-11H,6,8H2,1-5,7H3/q+1. The number of rotatable bonds is 6. The SMILES string of the molecule is C=[P+](C)CN(C)C(C(=O)C(C)C)C(C)C. The summed E-state index contributed by atoms with van der Waals surface area (Å²) in [5.41, 5.74) is 0. The number of carbonyl (C=O) groups is 1. The van der Waals surface area contributed by atoms with E-state index in [1.165, 1.54) is 0 Å². The molecular weight excluding hydrogens is 205 g/mol. The van der Waals surface area contributed by atoms with Crippen molar-refractivity contribution in [1.82, 2.24) is 4.90 Å². The Labute approximate surface area is 95.4 Å². The van der Waals surface area contributed by atoms with Crippen molar-refractivity contribution in [3.05, 3.63) is 0 Å². The molecule has 0 amide bonds. The average Bonchev–Trinajstić information content (AvgIpc) is 2.01. The quantitative estimate of drug-likeness (QED) is 0.654. The molecule has 0 fully saturated rings. The summed E-state index contributed by atoms with van der Waals surface area (Å²) in [6.07, 6.45) is 4.98. The number of Topliss-reactive ketones (excluding diaryl/α,β-unsaturated/α-hetero) is 1. The molecular formula is C12H25NOP+. The molecule has 0 aliphatic heterocycles. The molecule has 2 atom stereocenters. The molecule has 0 bridgehead atoms. The number of carbonyl (C=O) groups excluding carboxylic acids is 1. The van der Waals surface area contributed by atoms with E-state index in [4.69, 9.17) is 0 Å². The predicted octanol–water partition coefficient (Wildman–Crippen LogP) is 2.67. The van der Waals surface area contributed by atoms with E-state index in [0.29, 0.717) is 11.7 Å². The van der Waals surface area contributed by atoms with Crippen molar-refractivity contribution in [3.8, 4) is 0 Å². The maximum Gasteiger partial charge on any atom is 0.159 e. The Morgan fingerprint density at radius 1 is 1.33 bits per heavy atom. The van der Waals surface area contributed by atoms with Gasteiger partial charge in [0.1, 0.15) is 0 Å². The fourth-order valence-electron chi connectivity index (χ4n) is 1.86. The van der Waals surface area contributed by atoms with Crippen LogP contribution in [-0.4, -0.2) is 43.0 Å². The molecule has 88 valence electrons. The van der Waals surface area contributed by atoms with Crippen molar-refractivity contribution in [2.75, 3.05) is 20.0 Å². The third-order valence-corrected chi connectivity index (χ3v) is 3.36. The zero-order valence-corrected chi connectivity index (χ0v) is 11.8. The number of hydrogen-bond donors (Lipinski definition) is 0. The number of hydrogen-bond acceptors (Lipinski definition) is 2. The second-order valence-electron chi connectivity index (χ2n) is 5.00. The lowest BCUT2D eigenvalue weighted by Gasteiger charge is -2.28. The first-order valence-corrected chi connectivity index (χ1v) is 7.68. The molecule has 0 saturated heterocycles. The molecule has 0 aliphatic rings. The van der Waals surface area contributed by atoms with E-state index in [2.05, 4.69) is 31.7 Å². The number of nitrogens with zero attached hydrogens (tertiary/aromatic N) is 1. The summed E-state index contributed by atoms with van der Waals surface area (Å²) < 4.78 is 0. The zero-order valence-electron chi connectivity index (χ0n) is 10.9. The summed E-state index contributed by atoms with van der Waals surface area (Å²) in [4.78, 5) is 14.2. The number of ketones is 1. The topological polar surface area (TPSA) is 20.3 Å². The molecule has 0 radical (unpaired) electrons. The van der Waals surface area contributed by atoms with E-state index in [0.717, 1.165) is 6.29 Å². The summed E-state index contributed by atoms with van der Waals surface area (Å²) >= 11 is 0. The van der Waals surface area contributed by atoms with Crippen LogP contribution >= 0.6 is 7.55 Å². The minimum absolute atomic E-state index is 0.0525. The molecule has 0 heterocycles. The molecule has 2 nitrogen and oxygen atoms in total. The van der Waals surface area contributed by atoms with Crippen LogP contribution in [0.3, 0.4) is 0 Å². The van der Waals surface area contributed by atoms with Crippen molar-refractivity contribution in [3.63, 3.8) is 0 Å². The van der Waals surface area contributed by atoms with Crippen LogP contribution in [0.4, 0.5) is 0 Å². The largest absolute Gasteiger partial charge is 0.298 e. The first-order chi connectivity index (χ1) is 6.77. The summed E-state index contributed by atoms with van der Waals surface area (Å²) in [6.45, 7) is 10.3. The highest BCUT2D eigenvalue weighted by atomic mass is 31.1. The van der Waals surface area contributed by atoms with Crippen LogP contribution in [0.2, 0.25) is 0 Å². The van der Waals surface area contributed by atoms with Gasteiger partial charge in [-0.25, -0.2) is 0 Å². The van der Waals surface area contributed by atoms with E-state index in [1.807, 2.05) is 20.9 Å². The van der Waals surface area contributed by atoms with Crippen LogP contribution in [0.5, 0.6) is 0 Å². The highest BCUT2D eigenvalue weighted by Crippen LogP contribution is 2.21. The van der Waals surface area contributed by atoms with Gasteiger partial charge in [-0.2, -0.15) is 0 Å². The van der Waals surface area contributed by atoms with Gasteiger partial charge in [0.25, 0.3) is 0 Å². The van der Waals surface area contributed by atoms with Crippen molar-refractivity contribution < 1.29 is 4.79 Å². The normalized spacial score (nSPS) is 14.9. The second-order valence-corrected chi connectivity index (χ2v) is 7.00. The molecule has 0 aromatic heterocycles. The molecule has 2 unspecified atom stereocenters. The van der Waals surface area contributed by atoms with Crippen LogP contribution in [0, 0.1) is 11.8 Å². The van der Waals surface area contributed by atoms with Gasteiger partial charge in [0.15, 0.2) is 12.1 Å². The van der Waals surface area contributed by atoms with Crippen LogP contribution < -0.4 is 0 Å². The van der Waals surface area contributed by atoms with Gasteiger partial charge in [-0.3, -0.25) is 9.69 Å². The molecule has 15 heavy (non-hydrogen) atoms. The van der Waals surface area contributed by atoms with Crippen LogP contribution in [0.1, 0.15) is 27.7 Å². The average molecular weight is 230 g/mol. The fraction of sp³-hybridized carbons (Fsp3) is 0.833. The molecule has 3 heteroatoms. The molecule has 0 spiro atoms. The maximum absolute atomic E-state index is 12.1. The van der Waals surface area contributed by atoms with Gasteiger partial charge < -0.3 is 0 Å². The van der Waals surface area contributed by atoms with Gasteiger partial charge in [-0.1, -0.05) is 27.7 Å². The third-order valence-electron chi connectivity index (χ3n) is 2.43. The Morgan fingerprint density at radius 3 is 2.07 bits per heavy atom. The van der Waals surface area contributed by atoms with Gasteiger partial charge in [0, 0.05) is 5.92 Å². The first kappa shape index (κ1) is 14.8. The third kappa shape index (κ3) is 4.90. The van der Waals surface area contributed by atoms with Gasteiger partial charge in [-0.15, -0.1) is 0 Å². The van der Waals surface area contributed by atoms with Gasteiger partial charge in [-0.05, 0) is 13.0 Å². The van der Waals surface area contributed by atoms with Crippen molar-refractivity contribution in [2.45, 2.75) is 33.7 Å². The highest BCUT2D eigenvalue weighted by molar-refractivity contribution is 7.54. The molecule has 0 aromatic rings. The van der Waals surface area contributed by atoms with Crippen LogP contribution in [-0.2, 0) is 4.79 Å². The minimum Gasteiger partial charge on any atom is -0.298 e. The summed E-state index contributed by atoms with van der Waals surface area (Å²) in [7, 11) is 1.82. The van der Waals surface area contributed by atoms with Gasteiger partial charge in [0.2, 0.25) is 0 Å². The Balaban J connectivity index is 4.66. The van der Waals surface area contributed by atoms with E-state index >= 15 is 0 Å². The first-order valence-electron chi connectivity index (χ1n) is 5.53. The van der Waals surface area contributed by atoms with E-state index in [1.54, 1.807) is 0 Å². The number of likely N-dealkylation sites (N-methyl/N-ethyl adjacent to an activating group) is 1. The van der Waals surface area contributed by atoms with Crippen molar-refractivity contribution in [2.24, 2.45) is 11.8 Å². The second kappa shape index (κ2) is 6.40. The van der Waals surface area contributed by atoms with E-state index < -0.39 is 0 Å². The maximum atomic E-state index is 12.1. The van der Waals surface area contributed by atoms with Crippen LogP contribution in [0.25, 0.3) is 0 Å². The Kier molecular flexibility index (Phi) is 6.31. The predicted molar refractivity (Wildman–Crippen MR) is 71.1 cm³/mol. The van der Waals surface area contributed by atoms with E-state index in [-0.39, 0.29) is 19.5 Å². The molecule has 0 N–H and O–H groups in total. The lowest BCUT2D eigenvalue weighted by Crippen LogP contribution is -2.44. The Morgan fingerprint density at radius 2 is 1.80 bits per heavy atom. The minimum atomic E-state index is -0.217. The van der Waals surface area contributed by atoms with Gasteiger partial charge in [0.05, 0.1) is 26.6 Å². The highest BCUT2D eigenvalue weighted by Gasteiger charge is 2.29. The molecule has 0 aromatic carbocycles. The fourth-order valence-corrected chi connectivity index (χ4v) is 2.80. The lowest BCUT2D eigenvalue weighted by atomic mass is 9.92. The Hall–Kier alpha value is -0.200. The van der Waals surface area contributed by atoms with Crippen molar-refractivity contribution in [1.29, 1.82) is 0 Å². The zero-order chi connectivity index (χ0) is 12.2. The Bertz CT molecular complexity index is 236. The van der Waals surface area contributed by atoms with Crippen molar-refractivity contribution >= 4 is 19.6 Å². The summed E-state index contributed by atoms with van der Waals surface area (Å²) in [5, 5.41) is 0. The van der Waals surface area contributed by atoms with Crippen LogP contribution in [0.15, 0.2) is 0 Å². The molecule has 0 saturated carbocycles.